The minimum Gasteiger partial charge on any atom is -0.392 e. The van der Waals surface area contributed by atoms with Crippen molar-refractivity contribution in [1.82, 2.24) is 0 Å². The second kappa shape index (κ2) is 6.95. The van der Waals surface area contributed by atoms with Crippen molar-refractivity contribution >= 4 is 5.78 Å². The number of hydrogen-bond acceptors (Lipinski definition) is 5. The Balaban J connectivity index is 1.94. The Hall–Kier alpha value is -1.01. The van der Waals surface area contributed by atoms with Crippen LogP contribution in [0, 0.1) is 17.3 Å². The molecule has 0 unspecified atom stereocenters. The van der Waals surface area contributed by atoms with Gasteiger partial charge in [0.15, 0.2) is 5.78 Å². The quantitative estimate of drug-likeness (QED) is 0.658. The van der Waals surface area contributed by atoms with E-state index >= 15 is 0 Å². The number of Topliss-reactive ketones (excluding diaryl/α,β-unsaturated/α-hetero) is 1. The van der Waals surface area contributed by atoms with Crippen LogP contribution in [0.2, 0.25) is 0 Å². The summed E-state index contributed by atoms with van der Waals surface area (Å²) >= 11 is 0. The first-order valence-electron chi connectivity index (χ1n) is 9.34. The first kappa shape index (κ1) is 18.8. The number of rotatable bonds is 5. The van der Waals surface area contributed by atoms with E-state index in [9.17, 15) is 15.0 Å². The second-order valence-corrected chi connectivity index (χ2v) is 8.07. The molecule has 25 heavy (non-hydrogen) atoms. The first-order chi connectivity index (χ1) is 11.9. The molecular formula is C20H30O5. The van der Waals surface area contributed by atoms with E-state index in [1.807, 2.05) is 13.0 Å². The molecule has 0 amide bonds. The van der Waals surface area contributed by atoms with Crippen LogP contribution in [0.3, 0.4) is 0 Å². The van der Waals surface area contributed by atoms with Gasteiger partial charge in [-0.15, -0.1) is 0 Å². The van der Waals surface area contributed by atoms with Crippen LogP contribution in [0.1, 0.15) is 46.0 Å². The van der Waals surface area contributed by atoms with Crippen LogP contribution in [0.15, 0.2) is 23.3 Å². The maximum absolute atomic E-state index is 12.2. The average molecular weight is 350 g/mol. The van der Waals surface area contributed by atoms with Gasteiger partial charge in [-0.1, -0.05) is 13.0 Å². The van der Waals surface area contributed by atoms with E-state index in [0.717, 1.165) is 18.4 Å². The Bertz CT molecular complexity index is 595. The van der Waals surface area contributed by atoms with Gasteiger partial charge in [0.1, 0.15) is 5.60 Å². The normalized spacial score (nSPS) is 41.3. The van der Waals surface area contributed by atoms with Crippen LogP contribution in [0.25, 0.3) is 0 Å². The molecule has 1 aliphatic heterocycles. The lowest BCUT2D eigenvalue weighted by molar-refractivity contribution is -0.117. The number of aliphatic hydroxyl groups excluding tert-OH is 3. The predicted molar refractivity (Wildman–Crippen MR) is 93.9 cm³/mol. The van der Waals surface area contributed by atoms with E-state index in [1.54, 1.807) is 6.08 Å². The molecule has 2 bridgehead atoms. The van der Waals surface area contributed by atoms with Gasteiger partial charge in [0.25, 0.3) is 0 Å². The molecule has 0 aromatic rings. The lowest BCUT2D eigenvalue weighted by Gasteiger charge is -2.50. The van der Waals surface area contributed by atoms with E-state index in [2.05, 4.69) is 6.92 Å². The maximum atomic E-state index is 12.2. The van der Waals surface area contributed by atoms with Crippen LogP contribution >= 0.6 is 0 Å². The summed E-state index contributed by atoms with van der Waals surface area (Å²) in [6.07, 6.45) is 6.39. The molecule has 5 nitrogen and oxygen atoms in total. The Morgan fingerprint density at radius 3 is 2.88 bits per heavy atom. The Kier molecular flexibility index (Phi) is 5.22. The third-order valence-corrected chi connectivity index (χ3v) is 6.95. The molecule has 0 aromatic carbocycles. The second-order valence-electron chi connectivity index (χ2n) is 8.07. The van der Waals surface area contributed by atoms with Crippen LogP contribution < -0.4 is 0 Å². The highest BCUT2D eigenvalue weighted by atomic mass is 16.5. The van der Waals surface area contributed by atoms with Gasteiger partial charge < -0.3 is 20.1 Å². The molecule has 3 N–H and O–H groups in total. The van der Waals surface area contributed by atoms with Gasteiger partial charge in [-0.05, 0) is 55.7 Å². The molecule has 140 valence electrons. The van der Waals surface area contributed by atoms with Gasteiger partial charge in [0.2, 0.25) is 0 Å². The summed E-state index contributed by atoms with van der Waals surface area (Å²) < 4.78 is 6.27. The summed E-state index contributed by atoms with van der Waals surface area (Å²) in [5.74, 6) is 0.526. The zero-order valence-electron chi connectivity index (χ0n) is 15.2. The minimum absolute atomic E-state index is 0.0538. The molecule has 0 spiro atoms. The van der Waals surface area contributed by atoms with Crippen molar-refractivity contribution in [3.8, 4) is 0 Å². The van der Waals surface area contributed by atoms with Crippen molar-refractivity contribution in [1.29, 1.82) is 0 Å². The smallest absolute Gasteiger partial charge is 0.158 e. The molecule has 0 aromatic heterocycles. The van der Waals surface area contributed by atoms with E-state index in [-0.39, 0.29) is 36.2 Å². The summed E-state index contributed by atoms with van der Waals surface area (Å²) in [4.78, 5) is 12.2. The van der Waals surface area contributed by atoms with E-state index < -0.39 is 11.7 Å². The van der Waals surface area contributed by atoms with Gasteiger partial charge in [0, 0.05) is 17.8 Å². The number of hydrogen-bond donors (Lipinski definition) is 3. The molecule has 2 fully saturated rings. The molecule has 5 atom stereocenters. The highest BCUT2D eigenvalue weighted by Crippen LogP contribution is 2.62. The summed E-state index contributed by atoms with van der Waals surface area (Å²) in [6.45, 7) is 4.44. The van der Waals surface area contributed by atoms with Gasteiger partial charge in [-0.2, -0.15) is 0 Å². The van der Waals surface area contributed by atoms with Crippen molar-refractivity contribution in [2.24, 2.45) is 17.3 Å². The largest absolute Gasteiger partial charge is 0.392 e. The van der Waals surface area contributed by atoms with Crippen LogP contribution in [0.5, 0.6) is 0 Å². The Morgan fingerprint density at radius 2 is 2.20 bits per heavy atom. The number of ether oxygens (including phenoxy) is 1. The fourth-order valence-corrected chi connectivity index (χ4v) is 5.38. The molecular weight excluding hydrogens is 320 g/mol. The Labute approximate surface area is 149 Å². The summed E-state index contributed by atoms with van der Waals surface area (Å²) in [5.41, 5.74) is 0.680. The third kappa shape index (κ3) is 2.91. The lowest BCUT2D eigenvalue weighted by atomic mass is 9.54. The number of ketones is 1. The summed E-state index contributed by atoms with van der Waals surface area (Å²) in [5, 5.41) is 29.5. The molecule has 2 aliphatic carbocycles. The molecule has 1 heterocycles. The maximum Gasteiger partial charge on any atom is 0.158 e. The molecule has 1 saturated carbocycles. The van der Waals surface area contributed by atoms with E-state index in [1.165, 1.54) is 0 Å². The SMILES string of the molecule is CC1=C[C@]23OC[C@](CC/C(=C\CO)CO)([C@H](C)C[C@@H]2O)[C@H]3CCC1=O. The minimum atomic E-state index is -0.747. The van der Waals surface area contributed by atoms with Crippen molar-refractivity contribution in [3.63, 3.8) is 0 Å². The number of allylic oxidation sites excluding steroid dienone is 1. The number of carbonyl (C=O) groups is 1. The highest BCUT2D eigenvalue weighted by molar-refractivity contribution is 5.95. The summed E-state index contributed by atoms with van der Waals surface area (Å²) in [6, 6.07) is 0. The molecule has 0 radical (unpaired) electrons. The van der Waals surface area contributed by atoms with Crippen molar-refractivity contribution in [3.05, 3.63) is 23.3 Å². The first-order valence-corrected chi connectivity index (χ1v) is 9.34. The van der Waals surface area contributed by atoms with Gasteiger partial charge in [-0.25, -0.2) is 0 Å². The number of aliphatic hydroxyl groups is 3. The van der Waals surface area contributed by atoms with Gasteiger partial charge >= 0.3 is 0 Å². The standard InChI is InChI=1S/C20H30O5/c1-13-10-20-17(4-3-16(13)23)19(12-25-20,14(2)9-18(20)24)7-5-15(11-22)6-8-21/h6,10,14,17-18,21-22,24H,3-5,7-9,11-12H2,1-2H3/b15-6+/t14-,17-,18+,19-,20-/m1/s1. The van der Waals surface area contributed by atoms with Crippen LogP contribution in [0.4, 0.5) is 0 Å². The topological polar surface area (TPSA) is 87.0 Å². The third-order valence-electron chi connectivity index (χ3n) is 6.95. The zero-order chi connectivity index (χ0) is 18.2. The van der Waals surface area contributed by atoms with Gasteiger partial charge in [-0.3, -0.25) is 4.79 Å². The van der Waals surface area contributed by atoms with E-state index in [4.69, 9.17) is 9.84 Å². The lowest BCUT2D eigenvalue weighted by Crippen LogP contribution is -2.55. The van der Waals surface area contributed by atoms with Crippen molar-refractivity contribution in [2.45, 2.75) is 57.7 Å². The van der Waals surface area contributed by atoms with Crippen molar-refractivity contribution < 1.29 is 24.9 Å². The highest BCUT2D eigenvalue weighted by Gasteiger charge is 2.65. The van der Waals surface area contributed by atoms with E-state index in [0.29, 0.717) is 31.4 Å². The molecule has 1 saturated heterocycles. The molecule has 3 rings (SSSR count). The zero-order valence-corrected chi connectivity index (χ0v) is 15.2. The monoisotopic (exact) mass is 350 g/mol. The predicted octanol–water partition coefficient (Wildman–Crippen LogP) is 1.76. The van der Waals surface area contributed by atoms with Crippen molar-refractivity contribution in [2.75, 3.05) is 19.8 Å². The Morgan fingerprint density at radius 1 is 1.44 bits per heavy atom. The summed E-state index contributed by atoms with van der Waals surface area (Å²) in [7, 11) is 0. The molecule has 5 heteroatoms. The van der Waals surface area contributed by atoms with Gasteiger partial charge in [0.05, 0.1) is 25.9 Å². The molecule has 3 aliphatic rings. The fourth-order valence-electron chi connectivity index (χ4n) is 5.38. The van der Waals surface area contributed by atoms with Crippen LogP contribution in [-0.4, -0.2) is 52.6 Å². The van der Waals surface area contributed by atoms with Crippen LogP contribution in [-0.2, 0) is 9.53 Å². The number of carbonyl (C=O) groups excluding carboxylic acids is 1. The fraction of sp³-hybridized carbons (Fsp3) is 0.750. The average Bonchev–Trinajstić information content (AvgIpc) is 2.78.